The summed E-state index contributed by atoms with van der Waals surface area (Å²) in [5.74, 6) is 0.715. The third kappa shape index (κ3) is 4.08. The second kappa shape index (κ2) is 8.92. The molecule has 0 saturated carbocycles. The Kier molecular flexibility index (Phi) is 6.09. The maximum absolute atomic E-state index is 13.4. The molecule has 1 atom stereocenters. The normalized spacial score (nSPS) is 15.3. The molecule has 5 heteroatoms. The highest BCUT2D eigenvalue weighted by Gasteiger charge is 2.32. The van der Waals surface area contributed by atoms with E-state index in [0.717, 1.165) is 35.5 Å². The average Bonchev–Trinajstić information content (AvgIpc) is 3.03. The summed E-state index contributed by atoms with van der Waals surface area (Å²) < 4.78 is 5.49. The van der Waals surface area contributed by atoms with Crippen LogP contribution in [0.5, 0.6) is 5.75 Å². The Hall–Kier alpha value is -2.79. The number of methoxy groups -OCH3 is 1. The van der Waals surface area contributed by atoms with Gasteiger partial charge in [-0.1, -0.05) is 55.9 Å². The van der Waals surface area contributed by atoms with Gasteiger partial charge in [-0.15, -0.1) is 0 Å². The number of rotatable bonds is 6. The predicted molar refractivity (Wildman–Crippen MR) is 124 cm³/mol. The fourth-order valence-electron chi connectivity index (χ4n) is 3.73. The molecular formula is C25H26N2O2S. The van der Waals surface area contributed by atoms with Crippen LogP contribution in [0.2, 0.25) is 0 Å². The lowest BCUT2D eigenvalue weighted by Gasteiger charge is -2.26. The molecule has 0 radical (unpaired) electrons. The van der Waals surface area contributed by atoms with Crippen molar-refractivity contribution in [2.75, 3.05) is 18.6 Å². The Bertz CT molecular complexity index is 1090. The molecule has 4 rings (SSSR count). The molecule has 2 aromatic carbocycles. The third-order valence-corrected chi connectivity index (χ3v) is 6.75. The maximum atomic E-state index is 13.4. The maximum Gasteiger partial charge on any atom is 0.226 e. The van der Waals surface area contributed by atoms with Crippen LogP contribution in [-0.4, -0.2) is 18.6 Å². The van der Waals surface area contributed by atoms with E-state index in [1.54, 1.807) is 18.9 Å². The molecule has 3 aromatic rings. The van der Waals surface area contributed by atoms with E-state index >= 15 is 0 Å². The first-order chi connectivity index (χ1) is 14.6. The fraction of sp³-hybridized carbons (Fsp3) is 0.280. The third-order valence-electron chi connectivity index (χ3n) is 5.42. The van der Waals surface area contributed by atoms with Crippen molar-refractivity contribution >= 4 is 17.4 Å². The van der Waals surface area contributed by atoms with Crippen molar-refractivity contribution in [3.8, 4) is 5.75 Å². The number of para-hydroxylation sites is 1. The second-order valence-corrected chi connectivity index (χ2v) is 8.81. The van der Waals surface area contributed by atoms with Gasteiger partial charge in [-0.05, 0) is 41.8 Å². The molecule has 2 heterocycles. The van der Waals surface area contributed by atoms with E-state index in [0.29, 0.717) is 11.7 Å². The SMILES string of the molecule is COc1cc(C(C)C)ccc(C2Sc3ccccc3N2CCc2ccccn2)c1=O. The number of fused-ring (bicyclic) bond motifs is 1. The molecular weight excluding hydrogens is 392 g/mol. The van der Waals surface area contributed by atoms with Crippen LogP contribution in [0.1, 0.15) is 42.0 Å². The van der Waals surface area contributed by atoms with Gasteiger partial charge in [0.15, 0.2) is 5.75 Å². The highest BCUT2D eigenvalue weighted by atomic mass is 32.2. The molecule has 0 fully saturated rings. The summed E-state index contributed by atoms with van der Waals surface area (Å²) >= 11 is 1.73. The summed E-state index contributed by atoms with van der Waals surface area (Å²) in [4.78, 5) is 21.3. The van der Waals surface area contributed by atoms with Crippen LogP contribution in [0.15, 0.2) is 76.6 Å². The summed E-state index contributed by atoms with van der Waals surface area (Å²) in [5.41, 5.74) is 4.01. The van der Waals surface area contributed by atoms with Gasteiger partial charge in [0.25, 0.3) is 0 Å². The Morgan fingerprint density at radius 1 is 1.10 bits per heavy atom. The minimum absolute atomic E-state index is 0.0439. The molecule has 0 bridgehead atoms. The summed E-state index contributed by atoms with van der Waals surface area (Å²) in [6, 6.07) is 20.3. The first-order valence-corrected chi connectivity index (χ1v) is 11.1. The lowest BCUT2D eigenvalue weighted by molar-refractivity contribution is 0.410. The van der Waals surface area contributed by atoms with Crippen molar-refractivity contribution in [1.29, 1.82) is 0 Å². The summed E-state index contributed by atoms with van der Waals surface area (Å²) in [6.07, 6.45) is 2.64. The predicted octanol–water partition coefficient (Wildman–Crippen LogP) is 5.43. The van der Waals surface area contributed by atoms with Gasteiger partial charge in [0.05, 0.1) is 12.8 Å². The molecule has 1 aliphatic rings. The van der Waals surface area contributed by atoms with E-state index in [9.17, 15) is 4.79 Å². The van der Waals surface area contributed by atoms with E-state index in [-0.39, 0.29) is 10.8 Å². The molecule has 4 nitrogen and oxygen atoms in total. The van der Waals surface area contributed by atoms with Gasteiger partial charge in [-0.25, -0.2) is 0 Å². The lowest BCUT2D eigenvalue weighted by Crippen LogP contribution is -2.29. The Morgan fingerprint density at radius 3 is 2.63 bits per heavy atom. The molecule has 0 spiro atoms. The number of ether oxygens (including phenoxy) is 1. The van der Waals surface area contributed by atoms with Gasteiger partial charge in [0.1, 0.15) is 5.37 Å². The largest absolute Gasteiger partial charge is 0.493 e. The number of nitrogens with zero attached hydrogens (tertiary/aromatic N) is 2. The average molecular weight is 419 g/mol. The minimum Gasteiger partial charge on any atom is -0.493 e. The zero-order chi connectivity index (χ0) is 21.1. The lowest BCUT2D eigenvalue weighted by atomic mass is 10.1. The number of benzene rings is 1. The van der Waals surface area contributed by atoms with E-state index in [4.69, 9.17) is 4.74 Å². The van der Waals surface area contributed by atoms with E-state index in [1.165, 1.54) is 4.90 Å². The van der Waals surface area contributed by atoms with Crippen molar-refractivity contribution in [1.82, 2.24) is 4.98 Å². The Balaban J connectivity index is 1.75. The zero-order valence-corrected chi connectivity index (χ0v) is 18.4. The summed E-state index contributed by atoms with van der Waals surface area (Å²) in [5, 5.41) is -0.0973. The Morgan fingerprint density at radius 2 is 1.90 bits per heavy atom. The molecule has 154 valence electrons. The first-order valence-electron chi connectivity index (χ1n) is 10.2. The van der Waals surface area contributed by atoms with Gasteiger partial charge >= 0.3 is 0 Å². The van der Waals surface area contributed by atoms with Crippen LogP contribution < -0.4 is 15.1 Å². The highest BCUT2D eigenvalue weighted by Crippen LogP contribution is 2.50. The van der Waals surface area contributed by atoms with Crippen molar-refractivity contribution < 1.29 is 4.74 Å². The number of hydrogen-bond donors (Lipinski definition) is 0. The molecule has 1 aromatic heterocycles. The number of pyridine rings is 1. The van der Waals surface area contributed by atoms with E-state index in [2.05, 4.69) is 48.0 Å². The number of thioether (sulfide) groups is 1. The van der Waals surface area contributed by atoms with Gasteiger partial charge < -0.3 is 9.64 Å². The van der Waals surface area contributed by atoms with Crippen LogP contribution in [0.25, 0.3) is 0 Å². The first kappa shape index (κ1) is 20.5. The summed E-state index contributed by atoms with van der Waals surface area (Å²) in [6.45, 7) is 5.03. The number of anilines is 1. The molecule has 1 aliphatic heterocycles. The summed E-state index contributed by atoms with van der Waals surface area (Å²) in [7, 11) is 1.57. The van der Waals surface area contributed by atoms with Gasteiger partial charge in [0.2, 0.25) is 5.43 Å². The van der Waals surface area contributed by atoms with Crippen LogP contribution in [0.3, 0.4) is 0 Å². The number of hydrogen-bond acceptors (Lipinski definition) is 5. The van der Waals surface area contributed by atoms with Crippen molar-refractivity contribution in [3.63, 3.8) is 0 Å². The molecule has 0 saturated heterocycles. The minimum atomic E-state index is -0.0973. The number of aromatic nitrogens is 1. The quantitative estimate of drug-likeness (QED) is 0.534. The van der Waals surface area contributed by atoms with Gasteiger partial charge in [0, 0.05) is 35.3 Å². The van der Waals surface area contributed by atoms with Crippen molar-refractivity contribution in [2.24, 2.45) is 0 Å². The van der Waals surface area contributed by atoms with Crippen LogP contribution >= 0.6 is 11.8 Å². The monoisotopic (exact) mass is 418 g/mol. The van der Waals surface area contributed by atoms with Crippen LogP contribution in [0.4, 0.5) is 5.69 Å². The molecule has 30 heavy (non-hydrogen) atoms. The zero-order valence-electron chi connectivity index (χ0n) is 17.5. The smallest absolute Gasteiger partial charge is 0.226 e. The topological polar surface area (TPSA) is 42.4 Å². The van der Waals surface area contributed by atoms with Crippen molar-refractivity contribution in [2.45, 2.75) is 36.5 Å². The fourth-order valence-corrected chi connectivity index (χ4v) is 5.09. The second-order valence-electron chi connectivity index (χ2n) is 7.69. The molecule has 0 N–H and O–H groups in total. The van der Waals surface area contributed by atoms with E-state index in [1.807, 2.05) is 42.6 Å². The van der Waals surface area contributed by atoms with Crippen molar-refractivity contribution in [3.05, 3.63) is 93.9 Å². The highest BCUT2D eigenvalue weighted by molar-refractivity contribution is 8.00. The molecule has 0 aliphatic carbocycles. The van der Waals surface area contributed by atoms with Crippen LogP contribution in [0, 0.1) is 0 Å². The van der Waals surface area contributed by atoms with E-state index < -0.39 is 0 Å². The van der Waals surface area contributed by atoms with Crippen LogP contribution in [-0.2, 0) is 6.42 Å². The van der Waals surface area contributed by atoms with Gasteiger partial charge in [-0.3, -0.25) is 9.78 Å². The Labute approximate surface area is 181 Å². The standard InChI is InChI=1S/C25H26N2O2S/c1-17(2)18-11-12-20(24(28)22(16-18)29-3)25-27(15-13-19-8-6-7-14-26-19)21-9-4-5-10-23(21)30-25/h4-12,14,16-17,25H,13,15H2,1-3H3. The van der Waals surface area contributed by atoms with Gasteiger partial charge in [-0.2, -0.15) is 0 Å². The molecule has 0 amide bonds. The molecule has 1 unspecified atom stereocenters.